The number of sulfonamides is 1. The molecule has 1 saturated heterocycles. The van der Waals surface area contributed by atoms with Crippen LogP contribution in [0.5, 0.6) is 0 Å². The second kappa shape index (κ2) is 6.39. The highest BCUT2D eigenvalue weighted by Crippen LogP contribution is 2.22. The third-order valence-corrected chi connectivity index (χ3v) is 6.09. The topological polar surface area (TPSA) is 66.6 Å². The Morgan fingerprint density at radius 2 is 2.00 bits per heavy atom. The molecular weight excluding hydrogens is 306 g/mol. The molecule has 116 valence electrons. The lowest BCUT2D eigenvalue weighted by Gasteiger charge is -2.35. The van der Waals surface area contributed by atoms with Crippen molar-refractivity contribution in [1.29, 1.82) is 0 Å². The third kappa shape index (κ3) is 3.60. The summed E-state index contributed by atoms with van der Waals surface area (Å²) in [6, 6.07) is 6.44. The molecule has 1 heterocycles. The van der Waals surface area contributed by atoms with Gasteiger partial charge in [-0.05, 0) is 38.6 Å². The van der Waals surface area contributed by atoms with Crippen molar-refractivity contribution < 1.29 is 8.42 Å². The molecule has 2 rings (SSSR count). The number of hydrogen-bond donors (Lipinski definition) is 1. The number of likely N-dealkylation sites (tertiary alicyclic amines) is 1. The summed E-state index contributed by atoms with van der Waals surface area (Å²) in [6.07, 6.45) is 1.91. The zero-order valence-corrected chi connectivity index (χ0v) is 14.0. The predicted molar refractivity (Wildman–Crippen MR) is 87.8 cm³/mol. The molecule has 5 nitrogen and oxygen atoms in total. The molecule has 7 heteroatoms. The van der Waals surface area contributed by atoms with Gasteiger partial charge in [-0.25, -0.2) is 8.42 Å². The Hall–Kier alpha value is -1.02. The highest BCUT2D eigenvalue weighted by Gasteiger charge is 2.30. The number of nitrogens with zero attached hydrogens (tertiary/aromatic N) is 2. The van der Waals surface area contributed by atoms with Crippen LogP contribution >= 0.6 is 12.2 Å². The second-order valence-electron chi connectivity index (χ2n) is 5.47. The van der Waals surface area contributed by atoms with Crippen molar-refractivity contribution in [2.75, 3.05) is 27.2 Å². The van der Waals surface area contributed by atoms with Gasteiger partial charge in [0, 0.05) is 25.2 Å². The van der Waals surface area contributed by atoms with Gasteiger partial charge < -0.3 is 10.6 Å². The Balaban J connectivity index is 2.22. The van der Waals surface area contributed by atoms with E-state index in [2.05, 4.69) is 4.90 Å². The quantitative estimate of drug-likeness (QED) is 0.837. The van der Waals surface area contributed by atoms with Gasteiger partial charge >= 0.3 is 0 Å². The van der Waals surface area contributed by atoms with Crippen LogP contribution in [0.25, 0.3) is 0 Å². The van der Waals surface area contributed by atoms with Gasteiger partial charge in [-0.15, -0.1) is 0 Å². The van der Waals surface area contributed by atoms with E-state index in [1.807, 2.05) is 7.05 Å². The maximum Gasteiger partial charge on any atom is 0.243 e. The molecule has 1 aromatic carbocycles. The largest absolute Gasteiger partial charge is 0.389 e. The molecule has 1 aliphatic heterocycles. The SMILES string of the molecule is CN1CCCC(N(C)S(=O)(=O)c2ccc(C(N)=S)cc2)C1. The summed E-state index contributed by atoms with van der Waals surface area (Å²) in [6.45, 7) is 1.79. The highest BCUT2D eigenvalue weighted by molar-refractivity contribution is 7.89. The van der Waals surface area contributed by atoms with Gasteiger partial charge in [0.15, 0.2) is 0 Å². The van der Waals surface area contributed by atoms with Crippen LogP contribution in [0.3, 0.4) is 0 Å². The fraction of sp³-hybridized carbons (Fsp3) is 0.500. The summed E-state index contributed by atoms with van der Waals surface area (Å²) in [5.41, 5.74) is 6.20. The predicted octanol–water partition coefficient (Wildman–Crippen LogP) is 1.04. The second-order valence-corrected chi connectivity index (χ2v) is 7.91. The van der Waals surface area contributed by atoms with E-state index in [9.17, 15) is 8.42 Å². The van der Waals surface area contributed by atoms with Crippen molar-refractivity contribution in [3.8, 4) is 0 Å². The minimum Gasteiger partial charge on any atom is -0.389 e. The first kappa shape index (κ1) is 16.4. The van der Waals surface area contributed by atoms with Crippen molar-refractivity contribution in [2.24, 2.45) is 5.73 Å². The van der Waals surface area contributed by atoms with E-state index in [1.54, 1.807) is 31.3 Å². The van der Waals surface area contributed by atoms with E-state index in [1.165, 1.54) is 4.31 Å². The molecule has 0 saturated carbocycles. The van der Waals surface area contributed by atoms with Crippen LogP contribution in [0, 0.1) is 0 Å². The van der Waals surface area contributed by atoms with Crippen molar-refractivity contribution in [2.45, 2.75) is 23.8 Å². The van der Waals surface area contributed by atoms with Crippen LogP contribution in [-0.2, 0) is 10.0 Å². The summed E-state index contributed by atoms with van der Waals surface area (Å²) in [4.78, 5) is 2.70. The number of nitrogens with two attached hydrogens (primary N) is 1. The van der Waals surface area contributed by atoms with E-state index in [0.29, 0.717) is 5.56 Å². The maximum absolute atomic E-state index is 12.7. The summed E-state index contributed by atoms with van der Waals surface area (Å²) in [5, 5.41) is 0. The number of hydrogen-bond acceptors (Lipinski definition) is 4. The molecule has 0 spiro atoms. The smallest absolute Gasteiger partial charge is 0.243 e. The Bertz CT molecular complexity index is 614. The molecule has 0 amide bonds. The Morgan fingerprint density at radius 1 is 1.38 bits per heavy atom. The molecule has 1 aliphatic rings. The zero-order chi connectivity index (χ0) is 15.6. The summed E-state index contributed by atoms with van der Waals surface area (Å²) >= 11 is 4.88. The van der Waals surface area contributed by atoms with Crippen molar-refractivity contribution in [1.82, 2.24) is 9.21 Å². The maximum atomic E-state index is 12.7. The van der Waals surface area contributed by atoms with Gasteiger partial charge in [0.1, 0.15) is 4.99 Å². The van der Waals surface area contributed by atoms with Crippen molar-refractivity contribution >= 4 is 27.2 Å². The first-order valence-electron chi connectivity index (χ1n) is 6.89. The molecular formula is C14H21N3O2S2. The fourth-order valence-corrected chi connectivity index (χ4v) is 4.10. The summed E-state index contributed by atoms with van der Waals surface area (Å²) in [5.74, 6) is 0. The lowest BCUT2D eigenvalue weighted by molar-refractivity contribution is 0.187. The van der Waals surface area contributed by atoms with Gasteiger partial charge in [-0.3, -0.25) is 0 Å². The third-order valence-electron chi connectivity index (χ3n) is 3.93. The minimum atomic E-state index is -3.48. The van der Waals surface area contributed by atoms with Gasteiger partial charge in [0.05, 0.1) is 4.90 Å². The van der Waals surface area contributed by atoms with Gasteiger partial charge in [0.2, 0.25) is 10.0 Å². The van der Waals surface area contributed by atoms with Crippen LogP contribution in [-0.4, -0.2) is 55.8 Å². The first-order valence-corrected chi connectivity index (χ1v) is 8.73. The van der Waals surface area contributed by atoms with Crippen LogP contribution in [0.1, 0.15) is 18.4 Å². The molecule has 0 bridgehead atoms. The van der Waals surface area contributed by atoms with Crippen molar-refractivity contribution in [3.63, 3.8) is 0 Å². The molecule has 1 unspecified atom stereocenters. The van der Waals surface area contributed by atoms with Crippen molar-refractivity contribution in [3.05, 3.63) is 29.8 Å². The molecule has 1 aromatic rings. The van der Waals surface area contributed by atoms with Crippen LogP contribution in [0.2, 0.25) is 0 Å². The van der Waals surface area contributed by atoms with E-state index in [0.717, 1.165) is 25.9 Å². The van der Waals surface area contributed by atoms with Gasteiger partial charge in [-0.1, -0.05) is 24.4 Å². The van der Waals surface area contributed by atoms with Crippen LogP contribution in [0.4, 0.5) is 0 Å². The number of thiocarbonyl (C=S) groups is 1. The lowest BCUT2D eigenvalue weighted by atomic mass is 10.1. The monoisotopic (exact) mass is 327 g/mol. The van der Waals surface area contributed by atoms with E-state index in [-0.39, 0.29) is 15.9 Å². The Morgan fingerprint density at radius 3 is 2.52 bits per heavy atom. The summed E-state index contributed by atoms with van der Waals surface area (Å²) < 4.78 is 26.8. The normalized spacial score (nSPS) is 20.6. The number of benzene rings is 1. The Kier molecular flexibility index (Phi) is 4.98. The minimum absolute atomic E-state index is 0.0176. The standard InChI is InChI=1S/C14H21N3O2S2/c1-16-9-3-4-12(10-16)17(2)21(18,19)13-7-5-11(6-8-13)14(15)20/h5-8,12H,3-4,9-10H2,1-2H3,(H2,15,20). The molecule has 0 aliphatic carbocycles. The average molecular weight is 327 g/mol. The zero-order valence-electron chi connectivity index (χ0n) is 12.3. The Labute approximate surface area is 131 Å². The molecule has 0 radical (unpaired) electrons. The molecule has 1 fully saturated rings. The highest BCUT2D eigenvalue weighted by atomic mass is 32.2. The van der Waals surface area contributed by atoms with Gasteiger partial charge in [-0.2, -0.15) is 4.31 Å². The lowest BCUT2D eigenvalue weighted by Crippen LogP contribution is -2.47. The van der Waals surface area contributed by atoms with Crippen LogP contribution in [0.15, 0.2) is 29.2 Å². The first-order chi connectivity index (χ1) is 9.82. The molecule has 1 atom stereocenters. The molecule has 2 N–H and O–H groups in total. The molecule has 21 heavy (non-hydrogen) atoms. The number of rotatable bonds is 4. The van der Waals surface area contributed by atoms with Crippen LogP contribution < -0.4 is 5.73 Å². The molecule has 0 aromatic heterocycles. The van der Waals surface area contributed by atoms with E-state index in [4.69, 9.17) is 18.0 Å². The number of piperidine rings is 1. The van der Waals surface area contributed by atoms with Gasteiger partial charge in [0.25, 0.3) is 0 Å². The average Bonchev–Trinajstić information content (AvgIpc) is 2.46. The fourth-order valence-electron chi connectivity index (χ4n) is 2.59. The van der Waals surface area contributed by atoms with E-state index < -0.39 is 10.0 Å². The number of likely N-dealkylation sites (N-methyl/N-ethyl adjacent to an activating group) is 2. The van der Waals surface area contributed by atoms with E-state index >= 15 is 0 Å². The summed E-state index contributed by atoms with van der Waals surface area (Å²) in [7, 11) is 0.189.